The predicted molar refractivity (Wildman–Crippen MR) is 71.8 cm³/mol. The molecule has 22 heavy (non-hydrogen) atoms. The minimum Gasteiger partial charge on any atom is -0.406 e. The number of fused-ring (bicyclic) bond motifs is 2. The maximum absolute atomic E-state index is 12.7. The van der Waals surface area contributed by atoms with Crippen LogP contribution in [0.5, 0.6) is 5.75 Å². The van der Waals surface area contributed by atoms with Crippen molar-refractivity contribution >= 4 is 10.0 Å². The molecule has 2 unspecified atom stereocenters. The molecule has 1 aromatic rings. The van der Waals surface area contributed by atoms with E-state index in [9.17, 15) is 21.6 Å². The van der Waals surface area contributed by atoms with Crippen LogP contribution < -0.4 is 10.1 Å². The van der Waals surface area contributed by atoms with E-state index in [1.807, 2.05) is 0 Å². The Labute approximate surface area is 126 Å². The van der Waals surface area contributed by atoms with Gasteiger partial charge in [0.1, 0.15) is 5.75 Å². The molecule has 2 bridgehead atoms. The van der Waals surface area contributed by atoms with Gasteiger partial charge in [-0.25, -0.2) is 8.42 Å². The second-order valence-corrected chi connectivity index (χ2v) is 7.24. The lowest BCUT2D eigenvalue weighted by Crippen LogP contribution is -2.53. The van der Waals surface area contributed by atoms with Gasteiger partial charge in [0.05, 0.1) is 4.90 Å². The molecule has 2 atom stereocenters. The zero-order chi connectivity index (χ0) is 16.0. The predicted octanol–water partition coefficient (Wildman–Crippen LogP) is 1.71. The van der Waals surface area contributed by atoms with Crippen LogP contribution in [0.3, 0.4) is 0 Å². The number of sulfonamides is 1. The van der Waals surface area contributed by atoms with Gasteiger partial charge < -0.3 is 10.1 Å². The average Bonchev–Trinajstić information content (AvgIpc) is 2.69. The monoisotopic (exact) mass is 336 g/mol. The number of halogens is 3. The molecule has 1 aromatic carbocycles. The second kappa shape index (κ2) is 5.39. The molecule has 2 saturated heterocycles. The van der Waals surface area contributed by atoms with Crippen LogP contribution in [0.25, 0.3) is 0 Å². The maximum atomic E-state index is 12.7. The molecule has 0 radical (unpaired) electrons. The zero-order valence-electron chi connectivity index (χ0n) is 11.5. The van der Waals surface area contributed by atoms with Crippen LogP contribution in [0.15, 0.2) is 29.2 Å². The highest BCUT2D eigenvalue weighted by Gasteiger charge is 2.44. The first-order valence-electron chi connectivity index (χ1n) is 6.87. The minimum atomic E-state index is -4.85. The fourth-order valence-electron chi connectivity index (χ4n) is 3.08. The lowest BCUT2D eigenvalue weighted by molar-refractivity contribution is -0.274. The van der Waals surface area contributed by atoms with Gasteiger partial charge in [-0.3, -0.25) is 0 Å². The molecule has 122 valence electrons. The van der Waals surface area contributed by atoms with Crippen LogP contribution in [0.2, 0.25) is 0 Å². The number of nitrogens with one attached hydrogen (secondary N) is 1. The van der Waals surface area contributed by atoms with Crippen LogP contribution in [-0.2, 0) is 10.0 Å². The molecule has 2 aliphatic heterocycles. The van der Waals surface area contributed by atoms with Crippen molar-refractivity contribution < 1.29 is 26.3 Å². The molecular formula is C13H15F3N2O3S. The quantitative estimate of drug-likeness (QED) is 0.913. The third kappa shape index (κ3) is 2.92. The zero-order valence-corrected chi connectivity index (χ0v) is 12.3. The van der Waals surface area contributed by atoms with Crippen LogP contribution in [0, 0.1) is 0 Å². The lowest BCUT2D eigenvalue weighted by atomic mass is 10.2. The SMILES string of the molecule is O=S(=O)(c1cccc(OC(F)(F)F)c1)N1C2CCC1CNC2. The molecule has 0 saturated carbocycles. The number of benzene rings is 1. The third-order valence-corrected chi connectivity index (χ3v) is 5.93. The number of piperazine rings is 1. The Kier molecular flexibility index (Phi) is 3.82. The average molecular weight is 336 g/mol. The molecule has 0 spiro atoms. The summed E-state index contributed by atoms with van der Waals surface area (Å²) < 4.78 is 67.5. The normalized spacial score (nSPS) is 26.1. The minimum absolute atomic E-state index is 0.143. The number of nitrogens with zero attached hydrogens (tertiary/aromatic N) is 1. The van der Waals surface area contributed by atoms with Gasteiger partial charge in [-0.2, -0.15) is 4.31 Å². The Bertz CT molecular complexity index is 647. The number of hydrogen-bond acceptors (Lipinski definition) is 4. The second-order valence-electron chi connectivity index (χ2n) is 5.40. The highest BCUT2D eigenvalue weighted by atomic mass is 32.2. The topological polar surface area (TPSA) is 58.6 Å². The summed E-state index contributed by atoms with van der Waals surface area (Å²) in [4.78, 5) is -0.173. The number of hydrogen-bond donors (Lipinski definition) is 1. The lowest BCUT2D eigenvalue weighted by Gasteiger charge is -2.34. The number of alkyl halides is 3. The molecule has 2 heterocycles. The Morgan fingerprint density at radius 2 is 1.82 bits per heavy atom. The van der Waals surface area contributed by atoms with Crippen molar-refractivity contribution in [2.45, 2.75) is 36.2 Å². The van der Waals surface area contributed by atoms with E-state index >= 15 is 0 Å². The summed E-state index contributed by atoms with van der Waals surface area (Å²) in [5.74, 6) is -0.531. The first-order valence-corrected chi connectivity index (χ1v) is 8.31. The van der Waals surface area contributed by atoms with E-state index in [0.717, 1.165) is 25.0 Å². The fraction of sp³-hybridized carbons (Fsp3) is 0.538. The summed E-state index contributed by atoms with van der Waals surface area (Å²) >= 11 is 0. The Balaban J connectivity index is 1.91. The van der Waals surface area contributed by atoms with Crippen LogP contribution in [-0.4, -0.2) is 44.3 Å². The van der Waals surface area contributed by atoms with Crippen LogP contribution >= 0.6 is 0 Å². The first kappa shape index (κ1) is 15.6. The van der Waals surface area contributed by atoms with Crippen molar-refractivity contribution in [1.29, 1.82) is 0 Å². The summed E-state index contributed by atoms with van der Waals surface area (Å²) in [6, 6.07) is 4.26. The van der Waals surface area contributed by atoms with E-state index in [1.165, 1.54) is 16.4 Å². The molecule has 2 aliphatic rings. The molecule has 9 heteroatoms. The van der Waals surface area contributed by atoms with Crippen molar-refractivity contribution in [3.05, 3.63) is 24.3 Å². The summed E-state index contributed by atoms with van der Waals surface area (Å²) in [6.07, 6.45) is -3.33. The van der Waals surface area contributed by atoms with Gasteiger partial charge in [0, 0.05) is 31.2 Å². The molecule has 0 aromatic heterocycles. The molecule has 5 nitrogen and oxygen atoms in total. The number of ether oxygens (including phenoxy) is 1. The van der Waals surface area contributed by atoms with E-state index in [4.69, 9.17) is 0 Å². The van der Waals surface area contributed by atoms with Gasteiger partial charge in [-0.15, -0.1) is 13.2 Å². The fourth-order valence-corrected chi connectivity index (χ4v) is 4.99. The van der Waals surface area contributed by atoms with E-state index in [2.05, 4.69) is 10.1 Å². The van der Waals surface area contributed by atoms with Gasteiger partial charge >= 0.3 is 6.36 Å². The Morgan fingerprint density at radius 1 is 1.18 bits per heavy atom. The van der Waals surface area contributed by atoms with Crippen molar-refractivity contribution in [2.75, 3.05) is 13.1 Å². The van der Waals surface area contributed by atoms with Gasteiger partial charge in [-0.1, -0.05) is 6.07 Å². The van der Waals surface area contributed by atoms with E-state index in [-0.39, 0.29) is 17.0 Å². The van der Waals surface area contributed by atoms with Crippen molar-refractivity contribution in [3.8, 4) is 5.75 Å². The number of rotatable bonds is 3. The summed E-state index contributed by atoms with van der Waals surface area (Å²) in [7, 11) is -3.83. The Hall–Kier alpha value is -1.32. The largest absolute Gasteiger partial charge is 0.573 e. The molecule has 2 fully saturated rings. The van der Waals surface area contributed by atoms with Gasteiger partial charge in [0.15, 0.2) is 0 Å². The molecule has 1 N–H and O–H groups in total. The van der Waals surface area contributed by atoms with Gasteiger partial charge in [0.25, 0.3) is 0 Å². The smallest absolute Gasteiger partial charge is 0.406 e. The van der Waals surface area contributed by atoms with Crippen molar-refractivity contribution in [2.24, 2.45) is 0 Å². The van der Waals surface area contributed by atoms with E-state index < -0.39 is 22.1 Å². The molecule has 3 rings (SSSR count). The van der Waals surface area contributed by atoms with Crippen molar-refractivity contribution in [1.82, 2.24) is 9.62 Å². The summed E-state index contributed by atoms with van der Waals surface area (Å²) in [6.45, 7) is 1.13. The standard InChI is InChI=1S/C13H15F3N2O3S/c14-13(15,16)21-11-2-1-3-12(6-11)22(19,20)18-9-4-5-10(18)8-17-7-9/h1-3,6,9-10,17H,4-5,7-8H2. The molecule has 0 aliphatic carbocycles. The summed E-state index contributed by atoms with van der Waals surface area (Å²) in [5.41, 5.74) is 0. The maximum Gasteiger partial charge on any atom is 0.573 e. The van der Waals surface area contributed by atoms with E-state index in [0.29, 0.717) is 13.1 Å². The van der Waals surface area contributed by atoms with Crippen LogP contribution in [0.4, 0.5) is 13.2 Å². The van der Waals surface area contributed by atoms with Crippen LogP contribution in [0.1, 0.15) is 12.8 Å². The first-order chi connectivity index (χ1) is 10.3. The van der Waals surface area contributed by atoms with E-state index in [1.54, 1.807) is 0 Å². The summed E-state index contributed by atoms with van der Waals surface area (Å²) in [5, 5.41) is 3.16. The van der Waals surface area contributed by atoms with Gasteiger partial charge in [0.2, 0.25) is 10.0 Å². The molecular weight excluding hydrogens is 321 g/mol. The highest BCUT2D eigenvalue weighted by molar-refractivity contribution is 7.89. The third-order valence-electron chi connectivity index (χ3n) is 3.93. The highest BCUT2D eigenvalue weighted by Crippen LogP contribution is 2.34. The van der Waals surface area contributed by atoms with Crippen molar-refractivity contribution in [3.63, 3.8) is 0 Å². The molecule has 0 amide bonds. The Morgan fingerprint density at radius 3 is 2.41 bits per heavy atom. The van der Waals surface area contributed by atoms with Gasteiger partial charge in [-0.05, 0) is 25.0 Å².